The number of urea groups is 1. The van der Waals surface area contributed by atoms with Gasteiger partial charge in [0.1, 0.15) is 0 Å². The first-order valence-electron chi connectivity index (χ1n) is 6.20. The molecule has 0 aliphatic carbocycles. The number of methoxy groups -OCH3 is 1. The first-order valence-corrected chi connectivity index (χ1v) is 6.20. The van der Waals surface area contributed by atoms with Gasteiger partial charge in [-0.15, -0.1) is 0 Å². The Balaban J connectivity index is 3.51. The van der Waals surface area contributed by atoms with Crippen LogP contribution in [0.3, 0.4) is 0 Å². The van der Waals surface area contributed by atoms with Crippen LogP contribution in [-0.4, -0.2) is 43.9 Å². The van der Waals surface area contributed by atoms with Gasteiger partial charge >= 0.3 is 12.0 Å². The summed E-state index contributed by atoms with van der Waals surface area (Å²) < 4.78 is 4.96. The smallest absolute Gasteiger partial charge is 0.314 e. The van der Waals surface area contributed by atoms with E-state index in [0.717, 1.165) is 0 Å². The summed E-state index contributed by atoms with van der Waals surface area (Å²) in [5.41, 5.74) is 0. The van der Waals surface area contributed by atoms with Crippen LogP contribution >= 0.6 is 0 Å². The van der Waals surface area contributed by atoms with E-state index in [4.69, 9.17) is 9.84 Å². The molecule has 0 bridgehead atoms. The molecule has 0 spiro atoms. The van der Waals surface area contributed by atoms with Crippen molar-refractivity contribution in [2.45, 2.75) is 26.7 Å². The van der Waals surface area contributed by atoms with Gasteiger partial charge in [-0.3, -0.25) is 4.79 Å². The summed E-state index contributed by atoms with van der Waals surface area (Å²) in [6, 6.07) is -0.221. The van der Waals surface area contributed by atoms with Gasteiger partial charge < -0.3 is 20.5 Å². The number of ether oxygens (including phenoxy) is 1. The zero-order valence-corrected chi connectivity index (χ0v) is 11.4. The number of carbonyl (C=O) groups is 2. The average Bonchev–Trinajstić information content (AvgIpc) is 2.32. The maximum Gasteiger partial charge on any atom is 0.314 e. The van der Waals surface area contributed by atoms with Crippen molar-refractivity contribution in [3.05, 3.63) is 0 Å². The number of amides is 2. The van der Waals surface area contributed by atoms with Gasteiger partial charge in [-0.25, -0.2) is 4.79 Å². The van der Waals surface area contributed by atoms with Gasteiger partial charge in [-0.2, -0.15) is 0 Å². The zero-order chi connectivity index (χ0) is 14.0. The van der Waals surface area contributed by atoms with E-state index >= 15 is 0 Å². The van der Waals surface area contributed by atoms with Crippen LogP contribution in [0.5, 0.6) is 0 Å². The van der Waals surface area contributed by atoms with Crippen LogP contribution in [0.25, 0.3) is 0 Å². The SMILES string of the molecule is COCC(C)CNC(=O)NCCCC(C)C(=O)O. The Hall–Kier alpha value is -1.30. The van der Waals surface area contributed by atoms with Gasteiger partial charge in [0, 0.05) is 20.2 Å². The van der Waals surface area contributed by atoms with E-state index in [9.17, 15) is 9.59 Å². The van der Waals surface area contributed by atoms with E-state index in [2.05, 4.69) is 10.6 Å². The number of carboxylic acid groups (broad SMARTS) is 1. The standard InChI is InChI=1S/C12H24N2O4/c1-9(8-18-3)7-14-12(17)13-6-4-5-10(2)11(15)16/h9-10H,4-8H2,1-3H3,(H,15,16)(H2,13,14,17). The van der Waals surface area contributed by atoms with E-state index in [1.165, 1.54) is 0 Å². The summed E-state index contributed by atoms with van der Waals surface area (Å²) in [7, 11) is 1.63. The van der Waals surface area contributed by atoms with E-state index < -0.39 is 5.97 Å². The monoisotopic (exact) mass is 260 g/mol. The van der Waals surface area contributed by atoms with Crippen LogP contribution in [0.1, 0.15) is 26.7 Å². The summed E-state index contributed by atoms with van der Waals surface area (Å²) in [4.78, 5) is 21.9. The molecule has 6 heteroatoms. The first kappa shape index (κ1) is 16.7. The van der Waals surface area contributed by atoms with Crippen molar-refractivity contribution < 1.29 is 19.4 Å². The summed E-state index contributed by atoms with van der Waals surface area (Å²) in [6.45, 7) is 5.30. The Morgan fingerprint density at radius 2 is 1.94 bits per heavy atom. The molecule has 0 aromatic carbocycles. The molecule has 3 N–H and O–H groups in total. The molecule has 0 aromatic rings. The van der Waals surface area contributed by atoms with Gasteiger partial charge in [0.25, 0.3) is 0 Å². The van der Waals surface area contributed by atoms with Crippen molar-refractivity contribution in [1.82, 2.24) is 10.6 Å². The van der Waals surface area contributed by atoms with E-state index in [0.29, 0.717) is 32.5 Å². The fraction of sp³-hybridized carbons (Fsp3) is 0.833. The molecule has 0 heterocycles. The lowest BCUT2D eigenvalue weighted by atomic mass is 10.1. The van der Waals surface area contributed by atoms with Crippen molar-refractivity contribution in [3.63, 3.8) is 0 Å². The Morgan fingerprint density at radius 1 is 1.28 bits per heavy atom. The second kappa shape index (κ2) is 9.70. The highest BCUT2D eigenvalue weighted by molar-refractivity contribution is 5.73. The van der Waals surface area contributed by atoms with E-state index in [1.807, 2.05) is 6.92 Å². The largest absolute Gasteiger partial charge is 0.481 e. The molecule has 2 unspecified atom stereocenters. The van der Waals surface area contributed by atoms with Crippen molar-refractivity contribution in [1.29, 1.82) is 0 Å². The van der Waals surface area contributed by atoms with Crippen molar-refractivity contribution >= 4 is 12.0 Å². The lowest BCUT2D eigenvalue weighted by Gasteiger charge is -2.12. The average molecular weight is 260 g/mol. The van der Waals surface area contributed by atoms with Gasteiger partial charge in [0.05, 0.1) is 12.5 Å². The second-order valence-corrected chi connectivity index (χ2v) is 4.58. The van der Waals surface area contributed by atoms with Crippen molar-refractivity contribution in [2.24, 2.45) is 11.8 Å². The predicted molar refractivity (Wildman–Crippen MR) is 68.5 cm³/mol. The molecule has 0 fully saturated rings. The maximum absolute atomic E-state index is 11.4. The molecule has 6 nitrogen and oxygen atoms in total. The molecular weight excluding hydrogens is 236 g/mol. The summed E-state index contributed by atoms with van der Waals surface area (Å²) >= 11 is 0. The van der Waals surface area contributed by atoms with E-state index in [1.54, 1.807) is 14.0 Å². The lowest BCUT2D eigenvalue weighted by molar-refractivity contribution is -0.141. The van der Waals surface area contributed by atoms with Crippen LogP contribution in [0.4, 0.5) is 4.79 Å². The number of rotatable bonds is 9. The number of carboxylic acids is 1. The number of hydrogen-bond donors (Lipinski definition) is 3. The zero-order valence-electron chi connectivity index (χ0n) is 11.4. The number of carbonyl (C=O) groups excluding carboxylic acids is 1. The van der Waals surface area contributed by atoms with Gasteiger partial charge in [-0.05, 0) is 18.8 Å². The fourth-order valence-electron chi connectivity index (χ4n) is 1.41. The van der Waals surface area contributed by atoms with Crippen LogP contribution < -0.4 is 10.6 Å². The van der Waals surface area contributed by atoms with Gasteiger partial charge in [0.2, 0.25) is 0 Å². The first-order chi connectivity index (χ1) is 8.47. The molecule has 0 saturated heterocycles. The molecule has 0 saturated carbocycles. The van der Waals surface area contributed by atoms with Crippen molar-refractivity contribution in [2.75, 3.05) is 26.8 Å². The number of hydrogen-bond acceptors (Lipinski definition) is 3. The molecule has 18 heavy (non-hydrogen) atoms. The van der Waals surface area contributed by atoms with Gasteiger partial charge in [0.15, 0.2) is 0 Å². The Bertz CT molecular complexity index is 258. The lowest BCUT2D eigenvalue weighted by Crippen LogP contribution is -2.39. The second-order valence-electron chi connectivity index (χ2n) is 4.58. The third-order valence-corrected chi connectivity index (χ3v) is 2.58. The Morgan fingerprint density at radius 3 is 2.50 bits per heavy atom. The van der Waals surface area contributed by atoms with Gasteiger partial charge in [-0.1, -0.05) is 13.8 Å². The highest BCUT2D eigenvalue weighted by Gasteiger charge is 2.10. The highest BCUT2D eigenvalue weighted by Crippen LogP contribution is 2.03. The molecule has 0 aliphatic rings. The fourth-order valence-corrected chi connectivity index (χ4v) is 1.41. The summed E-state index contributed by atoms with van der Waals surface area (Å²) in [6.07, 6.45) is 1.23. The molecule has 106 valence electrons. The minimum Gasteiger partial charge on any atom is -0.481 e. The molecule has 2 amide bonds. The molecule has 0 rings (SSSR count). The minimum atomic E-state index is -0.798. The van der Waals surface area contributed by atoms with Crippen LogP contribution in [0.2, 0.25) is 0 Å². The normalized spacial score (nSPS) is 13.7. The molecular formula is C12H24N2O4. The van der Waals surface area contributed by atoms with E-state index in [-0.39, 0.29) is 17.9 Å². The molecule has 0 aliphatic heterocycles. The molecule has 0 radical (unpaired) electrons. The molecule has 0 aromatic heterocycles. The maximum atomic E-state index is 11.4. The quantitative estimate of drug-likeness (QED) is 0.541. The topological polar surface area (TPSA) is 87.7 Å². The van der Waals surface area contributed by atoms with Crippen molar-refractivity contribution in [3.8, 4) is 0 Å². The third-order valence-electron chi connectivity index (χ3n) is 2.58. The Labute approximate surface area is 108 Å². The third kappa shape index (κ3) is 8.81. The number of aliphatic carboxylic acids is 1. The minimum absolute atomic E-state index is 0.221. The predicted octanol–water partition coefficient (Wildman–Crippen LogP) is 1.07. The van der Waals surface area contributed by atoms with Crippen LogP contribution in [-0.2, 0) is 9.53 Å². The summed E-state index contributed by atoms with van der Waals surface area (Å²) in [5, 5.41) is 14.1. The Kier molecular flexibility index (Phi) is 9.00. The number of nitrogens with one attached hydrogen (secondary N) is 2. The van der Waals surface area contributed by atoms with Crippen LogP contribution in [0, 0.1) is 11.8 Å². The highest BCUT2D eigenvalue weighted by atomic mass is 16.5. The summed E-state index contributed by atoms with van der Waals surface area (Å²) in [5.74, 6) is -0.891. The van der Waals surface area contributed by atoms with Crippen LogP contribution in [0.15, 0.2) is 0 Å². The molecule has 2 atom stereocenters.